The average molecular weight is 319 g/mol. The molecule has 0 saturated heterocycles. The fourth-order valence-corrected chi connectivity index (χ4v) is 3.06. The van der Waals surface area contributed by atoms with Crippen LogP contribution in [0.2, 0.25) is 0 Å². The summed E-state index contributed by atoms with van der Waals surface area (Å²) in [7, 11) is 1.67. The Bertz CT molecular complexity index is 542. The van der Waals surface area contributed by atoms with Crippen molar-refractivity contribution in [1.29, 1.82) is 0 Å². The maximum absolute atomic E-state index is 12.2. The number of fused-ring (bicyclic) bond motifs is 1. The maximum atomic E-state index is 12.2. The second-order valence-electron chi connectivity index (χ2n) is 6.25. The van der Waals surface area contributed by atoms with Crippen molar-refractivity contribution < 1.29 is 19.0 Å². The third-order valence-electron chi connectivity index (χ3n) is 4.44. The van der Waals surface area contributed by atoms with Crippen LogP contribution >= 0.6 is 0 Å². The normalized spacial score (nSPS) is 17.6. The monoisotopic (exact) mass is 319 g/mol. The summed E-state index contributed by atoms with van der Waals surface area (Å²) in [5, 5.41) is 2.99. The Kier molecular flexibility index (Phi) is 5.39. The van der Waals surface area contributed by atoms with Crippen molar-refractivity contribution in [2.24, 2.45) is 5.92 Å². The quantitative estimate of drug-likeness (QED) is 0.748. The van der Waals surface area contributed by atoms with Crippen molar-refractivity contribution in [2.75, 3.05) is 33.5 Å². The van der Waals surface area contributed by atoms with Crippen molar-refractivity contribution in [2.45, 2.75) is 31.6 Å². The minimum Gasteiger partial charge on any atom is -0.486 e. The number of carbonyl (C=O) groups is 1. The van der Waals surface area contributed by atoms with Gasteiger partial charge in [0, 0.05) is 26.7 Å². The molecule has 2 aliphatic rings. The van der Waals surface area contributed by atoms with E-state index in [4.69, 9.17) is 14.2 Å². The number of ether oxygens (including phenoxy) is 3. The number of amides is 1. The van der Waals surface area contributed by atoms with Gasteiger partial charge in [-0.2, -0.15) is 0 Å². The van der Waals surface area contributed by atoms with Crippen molar-refractivity contribution in [3.05, 3.63) is 23.8 Å². The number of hydrogen-bond donors (Lipinski definition) is 1. The highest BCUT2D eigenvalue weighted by Crippen LogP contribution is 2.46. The third kappa shape index (κ3) is 4.38. The van der Waals surface area contributed by atoms with Crippen LogP contribution in [-0.4, -0.2) is 39.4 Å². The van der Waals surface area contributed by atoms with Gasteiger partial charge < -0.3 is 19.5 Å². The molecule has 1 aromatic rings. The molecule has 0 spiro atoms. The van der Waals surface area contributed by atoms with E-state index in [0.717, 1.165) is 17.9 Å². The lowest BCUT2D eigenvalue weighted by atomic mass is 9.90. The van der Waals surface area contributed by atoms with Gasteiger partial charge in [-0.1, -0.05) is 6.07 Å². The van der Waals surface area contributed by atoms with Gasteiger partial charge in [0.15, 0.2) is 11.5 Å². The van der Waals surface area contributed by atoms with Crippen molar-refractivity contribution in [3.8, 4) is 11.5 Å². The predicted molar refractivity (Wildman–Crippen MR) is 87.0 cm³/mol. The van der Waals surface area contributed by atoms with E-state index in [9.17, 15) is 4.79 Å². The Morgan fingerprint density at radius 1 is 1.30 bits per heavy atom. The predicted octanol–water partition coefficient (Wildman–Crippen LogP) is 2.49. The molecule has 1 heterocycles. The molecule has 1 aromatic carbocycles. The number of hydrogen-bond acceptors (Lipinski definition) is 4. The first-order chi connectivity index (χ1) is 11.3. The molecule has 1 atom stereocenters. The van der Waals surface area contributed by atoms with Gasteiger partial charge >= 0.3 is 0 Å². The van der Waals surface area contributed by atoms with Crippen LogP contribution < -0.4 is 14.8 Å². The Hall–Kier alpha value is -1.75. The number of rotatable bonds is 8. The lowest BCUT2D eigenvalue weighted by Crippen LogP contribution is -2.27. The molecule has 3 rings (SSSR count). The number of benzene rings is 1. The molecule has 1 unspecified atom stereocenters. The van der Waals surface area contributed by atoms with Crippen molar-refractivity contribution in [1.82, 2.24) is 5.32 Å². The van der Waals surface area contributed by atoms with E-state index in [0.29, 0.717) is 38.7 Å². The minimum atomic E-state index is 0.118. The first-order valence-electron chi connectivity index (χ1n) is 8.43. The van der Waals surface area contributed by atoms with E-state index in [2.05, 4.69) is 17.4 Å². The molecule has 126 valence electrons. The zero-order chi connectivity index (χ0) is 16.1. The minimum absolute atomic E-state index is 0.118. The second kappa shape index (κ2) is 7.68. The largest absolute Gasteiger partial charge is 0.486 e. The summed E-state index contributed by atoms with van der Waals surface area (Å²) < 4.78 is 16.2. The van der Waals surface area contributed by atoms with Gasteiger partial charge in [0.05, 0.1) is 0 Å². The molecule has 0 bridgehead atoms. The lowest BCUT2D eigenvalue weighted by Gasteiger charge is -2.22. The van der Waals surface area contributed by atoms with Gasteiger partial charge in [-0.15, -0.1) is 0 Å². The molecule has 1 amide bonds. The molecule has 0 radical (unpaired) electrons. The van der Waals surface area contributed by atoms with E-state index in [1.54, 1.807) is 7.11 Å². The molecular weight excluding hydrogens is 294 g/mol. The number of methoxy groups -OCH3 is 1. The molecule has 1 aliphatic carbocycles. The maximum Gasteiger partial charge on any atom is 0.220 e. The van der Waals surface area contributed by atoms with Crippen LogP contribution in [0.4, 0.5) is 0 Å². The van der Waals surface area contributed by atoms with E-state index in [1.165, 1.54) is 18.4 Å². The summed E-state index contributed by atoms with van der Waals surface area (Å²) >= 11 is 0. The van der Waals surface area contributed by atoms with E-state index < -0.39 is 0 Å². The molecule has 1 N–H and O–H groups in total. The summed E-state index contributed by atoms with van der Waals surface area (Å²) in [6.07, 6.45) is 3.80. The fraction of sp³-hybridized carbons (Fsp3) is 0.611. The Balaban J connectivity index is 1.61. The van der Waals surface area contributed by atoms with Crippen LogP contribution in [0.15, 0.2) is 18.2 Å². The Morgan fingerprint density at radius 3 is 2.83 bits per heavy atom. The van der Waals surface area contributed by atoms with E-state index >= 15 is 0 Å². The highest BCUT2D eigenvalue weighted by Gasteiger charge is 2.34. The molecule has 1 fully saturated rings. The Labute approximate surface area is 137 Å². The van der Waals surface area contributed by atoms with E-state index in [1.807, 2.05) is 6.07 Å². The van der Waals surface area contributed by atoms with E-state index in [-0.39, 0.29) is 11.8 Å². The molecule has 0 aromatic heterocycles. The second-order valence-corrected chi connectivity index (χ2v) is 6.25. The first kappa shape index (κ1) is 16.1. The highest BCUT2D eigenvalue weighted by molar-refractivity contribution is 5.77. The van der Waals surface area contributed by atoms with Crippen LogP contribution in [0.5, 0.6) is 11.5 Å². The van der Waals surface area contributed by atoms with Gasteiger partial charge in [0.2, 0.25) is 5.91 Å². The molecule has 5 heteroatoms. The summed E-state index contributed by atoms with van der Waals surface area (Å²) in [6.45, 7) is 2.53. The molecule has 1 saturated carbocycles. The first-order valence-corrected chi connectivity index (χ1v) is 8.43. The third-order valence-corrected chi connectivity index (χ3v) is 4.44. The summed E-state index contributed by atoms with van der Waals surface area (Å²) in [4.78, 5) is 12.2. The van der Waals surface area contributed by atoms with Gasteiger partial charge in [-0.3, -0.25) is 4.79 Å². The molecular formula is C18H25NO4. The average Bonchev–Trinajstić information content (AvgIpc) is 3.41. The summed E-state index contributed by atoms with van der Waals surface area (Å²) in [5.74, 6) is 2.61. The molecule has 5 nitrogen and oxygen atoms in total. The standard InChI is InChI=1S/C18H25NO4/c1-21-8-2-7-19-18(20)12-15(13-3-4-13)14-5-6-16-17(11-14)23-10-9-22-16/h5-6,11,13,15H,2-4,7-10,12H2,1H3,(H,19,20). The van der Waals surface area contributed by atoms with Crippen LogP contribution in [0, 0.1) is 5.92 Å². The van der Waals surface area contributed by atoms with Crippen LogP contribution in [0.1, 0.15) is 37.2 Å². The van der Waals surface area contributed by atoms with Gasteiger partial charge in [0.25, 0.3) is 0 Å². The van der Waals surface area contributed by atoms with Crippen LogP contribution in [0.3, 0.4) is 0 Å². The summed E-state index contributed by atoms with van der Waals surface area (Å²) in [5.41, 5.74) is 1.18. The van der Waals surface area contributed by atoms with Crippen molar-refractivity contribution in [3.63, 3.8) is 0 Å². The molecule has 1 aliphatic heterocycles. The smallest absolute Gasteiger partial charge is 0.220 e. The molecule has 23 heavy (non-hydrogen) atoms. The zero-order valence-electron chi connectivity index (χ0n) is 13.7. The van der Waals surface area contributed by atoms with Crippen LogP contribution in [-0.2, 0) is 9.53 Å². The Morgan fingerprint density at radius 2 is 2.09 bits per heavy atom. The topological polar surface area (TPSA) is 56.8 Å². The van der Waals surface area contributed by atoms with Gasteiger partial charge in [0.1, 0.15) is 13.2 Å². The number of carbonyl (C=O) groups excluding carboxylic acids is 1. The fourth-order valence-electron chi connectivity index (χ4n) is 3.06. The highest BCUT2D eigenvalue weighted by atomic mass is 16.6. The summed E-state index contributed by atoms with van der Waals surface area (Å²) in [6, 6.07) is 6.10. The lowest BCUT2D eigenvalue weighted by molar-refractivity contribution is -0.121. The van der Waals surface area contributed by atoms with Gasteiger partial charge in [-0.25, -0.2) is 0 Å². The van der Waals surface area contributed by atoms with Crippen LogP contribution in [0.25, 0.3) is 0 Å². The SMILES string of the molecule is COCCCNC(=O)CC(c1ccc2c(c1)OCCO2)C1CC1. The van der Waals surface area contributed by atoms with Gasteiger partial charge in [-0.05, 0) is 48.8 Å². The number of nitrogens with one attached hydrogen (secondary N) is 1. The van der Waals surface area contributed by atoms with Crippen molar-refractivity contribution >= 4 is 5.91 Å². The zero-order valence-corrected chi connectivity index (χ0v) is 13.7.